The summed E-state index contributed by atoms with van der Waals surface area (Å²) < 4.78 is 0. The first-order valence-electron chi connectivity index (χ1n) is 5.37. The molecule has 1 radical (unpaired) electrons. The monoisotopic (exact) mass is 190 g/mol. The Labute approximate surface area is 87.6 Å². The van der Waals surface area contributed by atoms with Gasteiger partial charge in [-0.25, -0.2) is 0 Å². The van der Waals surface area contributed by atoms with E-state index >= 15 is 0 Å². The molecule has 0 aliphatic carbocycles. The zero-order chi connectivity index (χ0) is 10.4. The van der Waals surface area contributed by atoms with Gasteiger partial charge in [0.15, 0.2) is 0 Å². The van der Waals surface area contributed by atoms with E-state index in [2.05, 4.69) is 38.2 Å². The molecule has 1 rings (SSSR count). The van der Waals surface area contributed by atoms with Crippen LogP contribution in [0.3, 0.4) is 0 Å². The molecule has 0 aliphatic heterocycles. The Bertz CT molecular complexity index is 251. The van der Waals surface area contributed by atoms with Crippen LogP contribution in [0.15, 0.2) is 24.5 Å². The fraction of sp³-hybridized carbons (Fsp3) is 0.538. The van der Waals surface area contributed by atoms with Crippen molar-refractivity contribution in [1.82, 2.24) is 4.98 Å². The van der Waals surface area contributed by atoms with Crippen molar-refractivity contribution in [1.29, 1.82) is 0 Å². The van der Waals surface area contributed by atoms with Crippen LogP contribution >= 0.6 is 0 Å². The van der Waals surface area contributed by atoms with Crippen molar-refractivity contribution >= 4 is 0 Å². The second-order valence-corrected chi connectivity index (χ2v) is 4.45. The first-order chi connectivity index (χ1) is 6.64. The number of aromatic nitrogens is 1. The molecule has 1 heterocycles. The summed E-state index contributed by atoms with van der Waals surface area (Å²) in [7, 11) is 0. The lowest BCUT2D eigenvalue weighted by molar-refractivity contribution is 0.405. The highest BCUT2D eigenvalue weighted by Crippen LogP contribution is 2.25. The summed E-state index contributed by atoms with van der Waals surface area (Å²) in [4.78, 5) is 4.11. The van der Waals surface area contributed by atoms with E-state index < -0.39 is 0 Å². The molecule has 0 aromatic carbocycles. The summed E-state index contributed by atoms with van der Waals surface area (Å²) in [5.74, 6) is 0. The fourth-order valence-electron chi connectivity index (χ4n) is 1.32. The topological polar surface area (TPSA) is 12.9 Å². The Morgan fingerprint density at radius 3 is 2.79 bits per heavy atom. The minimum absolute atomic E-state index is 0.377. The van der Waals surface area contributed by atoms with Gasteiger partial charge >= 0.3 is 0 Å². The first kappa shape index (κ1) is 11.2. The maximum Gasteiger partial charge on any atom is 0.0299 e. The Kier molecular flexibility index (Phi) is 4.12. The van der Waals surface area contributed by atoms with Gasteiger partial charge in [-0.05, 0) is 36.3 Å². The minimum Gasteiger partial charge on any atom is -0.264 e. The lowest BCUT2D eigenvalue weighted by Crippen LogP contribution is -2.10. The molecule has 0 atom stereocenters. The lowest BCUT2D eigenvalue weighted by atomic mass is 9.84. The highest BCUT2D eigenvalue weighted by Gasteiger charge is 2.14. The second-order valence-electron chi connectivity index (χ2n) is 4.45. The zero-order valence-electron chi connectivity index (χ0n) is 9.46. The van der Waals surface area contributed by atoms with Gasteiger partial charge in [-0.2, -0.15) is 0 Å². The van der Waals surface area contributed by atoms with E-state index in [-0.39, 0.29) is 0 Å². The predicted molar refractivity (Wildman–Crippen MR) is 60.9 cm³/mol. The van der Waals surface area contributed by atoms with Crippen molar-refractivity contribution < 1.29 is 0 Å². The van der Waals surface area contributed by atoms with Crippen molar-refractivity contribution in [2.45, 2.75) is 40.0 Å². The van der Waals surface area contributed by atoms with Gasteiger partial charge in [0.25, 0.3) is 0 Å². The van der Waals surface area contributed by atoms with Crippen LogP contribution in [-0.2, 0) is 6.42 Å². The smallest absolute Gasteiger partial charge is 0.0299 e. The molecule has 0 saturated heterocycles. The molecule has 1 aromatic rings. The highest BCUT2D eigenvalue weighted by molar-refractivity contribution is 5.09. The lowest BCUT2D eigenvalue weighted by Gasteiger charge is -2.21. The average Bonchev–Trinajstić information content (AvgIpc) is 2.19. The van der Waals surface area contributed by atoms with Gasteiger partial charge in [-0.3, -0.25) is 4.98 Å². The Morgan fingerprint density at radius 2 is 2.21 bits per heavy atom. The number of rotatable bonds is 5. The molecule has 0 amide bonds. The van der Waals surface area contributed by atoms with Gasteiger partial charge in [0.05, 0.1) is 0 Å². The van der Waals surface area contributed by atoms with E-state index in [9.17, 15) is 0 Å². The molecule has 0 aliphatic rings. The van der Waals surface area contributed by atoms with Gasteiger partial charge in [-0.1, -0.05) is 33.3 Å². The van der Waals surface area contributed by atoms with Crippen LogP contribution < -0.4 is 0 Å². The van der Waals surface area contributed by atoms with Crippen LogP contribution in [0.2, 0.25) is 0 Å². The van der Waals surface area contributed by atoms with Crippen molar-refractivity contribution in [2.24, 2.45) is 5.41 Å². The van der Waals surface area contributed by atoms with Crippen LogP contribution in [0.4, 0.5) is 0 Å². The number of hydrogen-bond acceptors (Lipinski definition) is 1. The Hall–Kier alpha value is -0.850. The van der Waals surface area contributed by atoms with E-state index in [0.717, 1.165) is 12.8 Å². The van der Waals surface area contributed by atoms with Gasteiger partial charge in [0, 0.05) is 12.4 Å². The van der Waals surface area contributed by atoms with Crippen LogP contribution in [0.25, 0.3) is 0 Å². The van der Waals surface area contributed by atoms with Crippen molar-refractivity contribution in [3.63, 3.8) is 0 Å². The maximum absolute atomic E-state index is 4.11. The summed E-state index contributed by atoms with van der Waals surface area (Å²) in [6.07, 6.45) is 9.65. The Morgan fingerprint density at radius 1 is 1.43 bits per heavy atom. The third-order valence-electron chi connectivity index (χ3n) is 2.76. The number of nitrogens with zero attached hydrogens (tertiary/aromatic N) is 1. The average molecular weight is 190 g/mol. The summed E-state index contributed by atoms with van der Waals surface area (Å²) in [5, 5.41) is 0. The Balaban J connectivity index is 2.29. The summed E-state index contributed by atoms with van der Waals surface area (Å²) in [5.41, 5.74) is 1.71. The van der Waals surface area contributed by atoms with Gasteiger partial charge in [0.1, 0.15) is 0 Å². The fourth-order valence-corrected chi connectivity index (χ4v) is 1.32. The van der Waals surface area contributed by atoms with E-state index in [1.165, 1.54) is 12.0 Å². The largest absolute Gasteiger partial charge is 0.264 e. The molecule has 1 heteroatoms. The quantitative estimate of drug-likeness (QED) is 0.690. The third-order valence-corrected chi connectivity index (χ3v) is 2.76. The maximum atomic E-state index is 4.11. The zero-order valence-corrected chi connectivity index (χ0v) is 9.46. The number of aryl methyl sites for hydroxylation is 1. The minimum atomic E-state index is 0.377. The molecule has 0 unspecified atom stereocenters. The van der Waals surface area contributed by atoms with Crippen LogP contribution in [0, 0.1) is 11.8 Å². The van der Waals surface area contributed by atoms with E-state index in [4.69, 9.17) is 0 Å². The highest BCUT2D eigenvalue weighted by atomic mass is 14.6. The summed E-state index contributed by atoms with van der Waals surface area (Å²) in [6, 6.07) is 4.14. The van der Waals surface area contributed by atoms with Gasteiger partial charge in [0.2, 0.25) is 0 Å². The summed E-state index contributed by atoms with van der Waals surface area (Å²) >= 11 is 0. The van der Waals surface area contributed by atoms with E-state index in [1.807, 2.05) is 18.5 Å². The number of pyridine rings is 1. The van der Waals surface area contributed by atoms with Gasteiger partial charge in [-0.15, -0.1) is 0 Å². The summed E-state index contributed by atoms with van der Waals surface area (Å²) in [6.45, 7) is 6.81. The molecular weight excluding hydrogens is 170 g/mol. The standard InChI is InChI=1S/C13H20N/c1-4-13(2,3)9-5-7-12-8-6-10-14-11-12/h6,8-11H,4-5,7H2,1-3H3. The molecule has 14 heavy (non-hydrogen) atoms. The van der Waals surface area contributed by atoms with Crippen molar-refractivity contribution in [3.05, 3.63) is 36.5 Å². The predicted octanol–water partition coefficient (Wildman–Crippen LogP) is 3.65. The third kappa shape index (κ3) is 3.91. The number of hydrogen-bond donors (Lipinski definition) is 0. The van der Waals surface area contributed by atoms with Crippen LogP contribution in [0.5, 0.6) is 0 Å². The molecule has 0 N–H and O–H groups in total. The first-order valence-corrected chi connectivity index (χ1v) is 5.37. The van der Waals surface area contributed by atoms with E-state index in [0.29, 0.717) is 5.41 Å². The van der Waals surface area contributed by atoms with Gasteiger partial charge < -0.3 is 0 Å². The molecule has 0 spiro atoms. The molecular formula is C13H20N. The molecule has 1 nitrogen and oxygen atoms in total. The van der Waals surface area contributed by atoms with Crippen LogP contribution in [-0.4, -0.2) is 4.98 Å². The van der Waals surface area contributed by atoms with E-state index in [1.54, 1.807) is 0 Å². The van der Waals surface area contributed by atoms with Crippen molar-refractivity contribution in [2.75, 3.05) is 0 Å². The van der Waals surface area contributed by atoms with Crippen LogP contribution in [0.1, 0.15) is 39.2 Å². The molecule has 1 aromatic heterocycles. The molecule has 0 saturated carbocycles. The molecule has 77 valence electrons. The van der Waals surface area contributed by atoms with Crippen molar-refractivity contribution in [3.8, 4) is 0 Å². The molecule has 0 bridgehead atoms. The normalized spacial score (nSPS) is 11.6. The SMILES string of the molecule is CCC(C)(C)[CH]CCc1cccnc1. The second kappa shape index (κ2) is 5.14. The molecule has 0 fully saturated rings.